The predicted molar refractivity (Wildman–Crippen MR) is 73.2 cm³/mol. The number of nitriles is 1. The van der Waals surface area contributed by atoms with Gasteiger partial charge in [0.2, 0.25) is 0 Å². The Morgan fingerprint density at radius 1 is 1.53 bits per heavy atom. The van der Waals surface area contributed by atoms with E-state index in [1.165, 1.54) is 6.42 Å². The second kappa shape index (κ2) is 5.75. The number of hydrogen-bond acceptors (Lipinski definition) is 3. The number of rotatable bonds is 4. The highest BCUT2D eigenvalue weighted by Gasteiger charge is 2.43. The van der Waals surface area contributed by atoms with Gasteiger partial charge in [-0.1, -0.05) is 13.3 Å². The molecular weight excluding hydrogens is 238 g/mol. The van der Waals surface area contributed by atoms with Crippen LogP contribution >= 0.6 is 0 Å². The van der Waals surface area contributed by atoms with Crippen LogP contribution in [0.5, 0.6) is 0 Å². The lowest BCUT2D eigenvalue weighted by Crippen LogP contribution is -2.33. The fraction of sp³-hybridized carbons (Fsp3) is 0.733. The molecule has 0 aromatic carbocycles. The normalized spacial score (nSPS) is 28.8. The van der Waals surface area contributed by atoms with Crippen molar-refractivity contribution in [2.45, 2.75) is 58.6 Å². The summed E-state index contributed by atoms with van der Waals surface area (Å²) in [6, 6.07) is 2.41. The molecular formula is C15H23N3O. The van der Waals surface area contributed by atoms with Crippen molar-refractivity contribution in [3.05, 3.63) is 18.2 Å². The summed E-state index contributed by atoms with van der Waals surface area (Å²) in [6.45, 7) is 4.99. The zero-order chi connectivity index (χ0) is 13.9. The molecule has 1 saturated carbocycles. The average Bonchev–Trinajstić information content (AvgIpc) is 2.94. The lowest BCUT2D eigenvalue weighted by Gasteiger charge is -2.38. The molecule has 1 fully saturated rings. The number of aliphatic hydroxyl groups excluding tert-OH is 1. The van der Waals surface area contributed by atoms with Crippen molar-refractivity contribution in [1.82, 2.24) is 9.55 Å². The third-order valence-electron chi connectivity index (χ3n) is 4.69. The Kier molecular flexibility index (Phi) is 4.26. The van der Waals surface area contributed by atoms with E-state index in [4.69, 9.17) is 0 Å². The second-order valence-corrected chi connectivity index (χ2v) is 5.63. The Morgan fingerprint density at radius 2 is 2.21 bits per heavy atom. The first kappa shape index (κ1) is 14.1. The van der Waals surface area contributed by atoms with Gasteiger partial charge in [0.25, 0.3) is 0 Å². The van der Waals surface area contributed by atoms with Crippen molar-refractivity contribution in [3.8, 4) is 6.07 Å². The summed E-state index contributed by atoms with van der Waals surface area (Å²) >= 11 is 0. The molecule has 0 amide bonds. The molecule has 0 aliphatic heterocycles. The van der Waals surface area contributed by atoms with Crippen LogP contribution in [-0.2, 0) is 6.54 Å². The molecule has 4 nitrogen and oxygen atoms in total. The molecule has 0 spiro atoms. The molecule has 1 aromatic heterocycles. The van der Waals surface area contributed by atoms with Gasteiger partial charge >= 0.3 is 0 Å². The van der Waals surface area contributed by atoms with Gasteiger partial charge in [-0.3, -0.25) is 0 Å². The Balaban J connectivity index is 2.21. The number of aliphatic hydroxyl groups is 1. The second-order valence-electron chi connectivity index (χ2n) is 5.63. The van der Waals surface area contributed by atoms with Gasteiger partial charge in [-0.15, -0.1) is 0 Å². The molecule has 0 saturated heterocycles. The summed E-state index contributed by atoms with van der Waals surface area (Å²) < 4.78 is 1.93. The van der Waals surface area contributed by atoms with E-state index in [0.717, 1.165) is 37.9 Å². The summed E-state index contributed by atoms with van der Waals surface area (Å²) in [6.07, 6.45) is 7.53. The van der Waals surface area contributed by atoms with Crippen molar-refractivity contribution in [3.63, 3.8) is 0 Å². The molecule has 2 rings (SSSR count). The highest BCUT2D eigenvalue weighted by atomic mass is 16.3. The lowest BCUT2D eigenvalue weighted by molar-refractivity contribution is 0.0190. The first-order valence-electron chi connectivity index (χ1n) is 7.26. The molecule has 1 aliphatic carbocycles. The largest absolute Gasteiger partial charge is 0.385 e. The van der Waals surface area contributed by atoms with E-state index in [-0.39, 0.29) is 0 Å². The summed E-state index contributed by atoms with van der Waals surface area (Å²) in [5.41, 5.74) is 0.150. The molecule has 19 heavy (non-hydrogen) atoms. The van der Waals surface area contributed by atoms with E-state index >= 15 is 0 Å². The van der Waals surface area contributed by atoms with Crippen LogP contribution in [0.2, 0.25) is 0 Å². The first-order chi connectivity index (χ1) is 9.16. The van der Waals surface area contributed by atoms with E-state index in [2.05, 4.69) is 18.0 Å². The van der Waals surface area contributed by atoms with E-state index in [0.29, 0.717) is 5.92 Å². The van der Waals surface area contributed by atoms with Gasteiger partial charge in [-0.2, -0.15) is 5.26 Å². The van der Waals surface area contributed by atoms with Crippen LogP contribution in [-0.4, -0.2) is 14.7 Å². The molecule has 1 aromatic rings. The zero-order valence-electron chi connectivity index (χ0n) is 11.8. The van der Waals surface area contributed by atoms with Crippen LogP contribution in [0.3, 0.4) is 0 Å². The van der Waals surface area contributed by atoms with E-state index < -0.39 is 11.5 Å². The standard InChI is InChI=1S/C15H23N3O/c1-3-12-5-7-15(10-16,8-6-12)14(19)13-9-17-11-18(13)4-2/h9,11-12,14,19H,3-8H2,1-2H3. The Bertz CT molecular complexity index is 452. The van der Waals surface area contributed by atoms with E-state index in [1.54, 1.807) is 12.5 Å². The van der Waals surface area contributed by atoms with Gasteiger partial charge in [-0.05, 0) is 38.5 Å². The van der Waals surface area contributed by atoms with Gasteiger partial charge in [0.05, 0.1) is 29.7 Å². The predicted octanol–water partition coefficient (Wildman–Crippen LogP) is 3.05. The van der Waals surface area contributed by atoms with Crippen molar-refractivity contribution in [2.75, 3.05) is 0 Å². The van der Waals surface area contributed by atoms with E-state index in [1.807, 2.05) is 11.5 Å². The number of aromatic nitrogens is 2. The van der Waals surface area contributed by atoms with Crippen LogP contribution in [0.1, 0.15) is 57.7 Å². The number of imidazole rings is 1. The quantitative estimate of drug-likeness (QED) is 0.906. The Hall–Kier alpha value is -1.34. The monoisotopic (exact) mass is 261 g/mol. The maximum atomic E-state index is 10.7. The third-order valence-corrected chi connectivity index (χ3v) is 4.69. The maximum Gasteiger partial charge on any atom is 0.114 e. The average molecular weight is 261 g/mol. The number of hydrogen-bond donors (Lipinski definition) is 1. The minimum absolute atomic E-state index is 0.626. The molecule has 4 heteroatoms. The highest BCUT2D eigenvalue weighted by molar-refractivity contribution is 5.15. The Labute approximate surface area is 115 Å². The fourth-order valence-corrected chi connectivity index (χ4v) is 3.15. The molecule has 1 atom stereocenters. The van der Waals surface area contributed by atoms with Crippen LogP contribution in [0.15, 0.2) is 12.5 Å². The summed E-state index contributed by atoms with van der Waals surface area (Å²) in [5, 5.41) is 20.3. The van der Waals surface area contributed by atoms with Gasteiger partial charge in [0.15, 0.2) is 0 Å². The minimum Gasteiger partial charge on any atom is -0.385 e. The molecule has 1 aliphatic rings. The smallest absolute Gasteiger partial charge is 0.114 e. The molecule has 1 N–H and O–H groups in total. The molecule has 1 heterocycles. The highest BCUT2D eigenvalue weighted by Crippen LogP contribution is 2.47. The molecule has 0 radical (unpaired) electrons. The van der Waals surface area contributed by atoms with Crippen molar-refractivity contribution >= 4 is 0 Å². The SMILES string of the molecule is CCC1CCC(C#N)(C(O)c2cncn2CC)CC1. The van der Waals surface area contributed by atoms with Crippen molar-refractivity contribution in [1.29, 1.82) is 5.26 Å². The lowest BCUT2D eigenvalue weighted by atomic mass is 9.67. The third kappa shape index (κ3) is 2.52. The van der Waals surface area contributed by atoms with Gasteiger partial charge in [0, 0.05) is 6.54 Å². The molecule has 104 valence electrons. The molecule has 1 unspecified atom stereocenters. The molecule has 0 bridgehead atoms. The summed E-state index contributed by atoms with van der Waals surface area (Å²) in [4.78, 5) is 4.10. The van der Waals surface area contributed by atoms with Gasteiger partial charge in [0.1, 0.15) is 6.10 Å². The zero-order valence-corrected chi connectivity index (χ0v) is 11.8. The van der Waals surface area contributed by atoms with Crippen LogP contribution < -0.4 is 0 Å². The van der Waals surface area contributed by atoms with Crippen LogP contribution in [0.4, 0.5) is 0 Å². The van der Waals surface area contributed by atoms with Crippen LogP contribution in [0.25, 0.3) is 0 Å². The minimum atomic E-state index is -0.724. The van der Waals surface area contributed by atoms with Gasteiger partial charge in [-0.25, -0.2) is 4.98 Å². The summed E-state index contributed by atoms with van der Waals surface area (Å²) in [5.74, 6) is 0.713. The Morgan fingerprint density at radius 3 is 2.74 bits per heavy atom. The maximum absolute atomic E-state index is 10.7. The number of nitrogens with zero attached hydrogens (tertiary/aromatic N) is 3. The topological polar surface area (TPSA) is 61.8 Å². The van der Waals surface area contributed by atoms with Crippen molar-refractivity contribution < 1.29 is 5.11 Å². The van der Waals surface area contributed by atoms with Crippen LogP contribution in [0, 0.1) is 22.7 Å². The van der Waals surface area contributed by atoms with E-state index in [9.17, 15) is 10.4 Å². The summed E-state index contributed by atoms with van der Waals surface area (Å²) in [7, 11) is 0. The first-order valence-corrected chi connectivity index (χ1v) is 7.26. The van der Waals surface area contributed by atoms with Crippen molar-refractivity contribution in [2.24, 2.45) is 11.3 Å². The number of aryl methyl sites for hydroxylation is 1. The fourth-order valence-electron chi connectivity index (χ4n) is 3.15. The van der Waals surface area contributed by atoms with Gasteiger partial charge < -0.3 is 9.67 Å².